The first-order chi connectivity index (χ1) is 28.9. The van der Waals surface area contributed by atoms with Crippen molar-refractivity contribution >= 4 is 29.8 Å². The van der Waals surface area contributed by atoms with Gasteiger partial charge in [0.15, 0.2) is 17.5 Å². The Hall–Kier alpha value is -5.45. The van der Waals surface area contributed by atoms with Crippen molar-refractivity contribution < 1.29 is 68.1 Å². The number of esters is 3. The zero-order valence-electron chi connectivity index (χ0n) is 34.5. The Bertz CT molecular complexity index is 2200. The van der Waals surface area contributed by atoms with Gasteiger partial charge in [-0.05, 0) is 42.7 Å². The fourth-order valence-corrected chi connectivity index (χ4v) is 10.1. The van der Waals surface area contributed by atoms with Crippen LogP contribution in [0.15, 0.2) is 102 Å². The second kappa shape index (κ2) is 16.4. The van der Waals surface area contributed by atoms with Crippen molar-refractivity contribution in [1.29, 1.82) is 0 Å². The smallest absolute Gasteiger partial charge is 0.408 e. The lowest BCUT2D eigenvalue weighted by atomic mass is 9.43. The molecule has 3 aromatic carbocycles. The summed E-state index contributed by atoms with van der Waals surface area (Å²) >= 11 is 0. The van der Waals surface area contributed by atoms with E-state index < -0.39 is 107 Å². The van der Waals surface area contributed by atoms with E-state index in [0.717, 1.165) is 6.92 Å². The average Bonchev–Trinajstić information content (AvgIpc) is 3.24. The van der Waals surface area contributed by atoms with E-state index in [-0.39, 0.29) is 36.5 Å². The number of carbonyl (C=O) groups excluding carboxylic acids is 5. The fourth-order valence-electron chi connectivity index (χ4n) is 10.1. The van der Waals surface area contributed by atoms with Gasteiger partial charge in [-0.15, -0.1) is 0 Å². The number of benzene rings is 3. The lowest BCUT2D eigenvalue weighted by Gasteiger charge is -2.67. The summed E-state index contributed by atoms with van der Waals surface area (Å²) < 4.78 is 29.5. The van der Waals surface area contributed by atoms with Gasteiger partial charge in [0.25, 0.3) is 0 Å². The van der Waals surface area contributed by atoms with Crippen LogP contribution in [-0.4, -0.2) is 98.5 Å². The normalized spacial score (nSPS) is 32.2. The van der Waals surface area contributed by atoms with Gasteiger partial charge in [-0.25, -0.2) is 14.4 Å². The van der Waals surface area contributed by atoms with Crippen LogP contribution in [0.3, 0.4) is 0 Å². The molecule has 0 radical (unpaired) electrons. The molecule has 0 spiro atoms. The van der Waals surface area contributed by atoms with Crippen LogP contribution in [0.5, 0.6) is 0 Å². The highest BCUT2D eigenvalue weighted by Gasteiger charge is 2.78. The number of rotatable bonds is 10. The second-order valence-electron chi connectivity index (χ2n) is 17.2. The highest BCUT2D eigenvalue weighted by atomic mass is 16.6. The van der Waals surface area contributed by atoms with Gasteiger partial charge < -0.3 is 49.4 Å². The monoisotopic (exact) mass is 841 g/mol. The third kappa shape index (κ3) is 7.41. The minimum atomic E-state index is -2.36. The van der Waals surface area contributed by atoms with E-state index in [1.54, 1.807) is 86.6 Å². The van der Waals surface area contributed by atoms with Crippen LogP contribution in [0.25, 0.3) is 0 Å². The Kier molecular flexibility index (Phi) is 11.8. The van der Waals surface area contributed by atoms with Gasteiger partial charge in [0.2, 0.25) is 0 Å². The Morgan fingerprint density at radius 2 is 1.52 bits per heavy atom. The molecule has 3 aliphatic carbocycles. The molecule has 4 aliphatic rings. The second-order valence-corrected chi connectivity index (χ2v) is 17.2. The topological polar surface area (TPSA) is 224 Å². The first kappa shape index (κ1) is 43.6. The number of ether oxygens (including phenoxy) is 5. The first-order valence-electron chi connectivity index (χ1n) is 20.2. The summed E-state index contributed by atoms with van der Waals surface area (Å²) in [5.41, 5.74) is -6.44. The van der Waals surface area contributed by atoms with Crippen LogP contribution in [0, 0.1) is 22.7 Å². The van der Waals surface area contributed by atoms with Crippen LogP contribution in [0.1, 0.15) is 75.0 Å². The predicted octanol–water partition coefficient (Wildman–Crippen LogP) is 3.87. The molecular formula is C46H51NO14. The largest absolute Gasteiger partial charge is 0.455 e. The van der Waals surface area contributed by atoms with E-state index in [0.29, 0.717) is 11.1 Å². The van der Waals surface area contributed by atoms with Crippen LogP contribution >= 0.6 is 0 Å². The van der Waals surface area contributed by atoms with E-state index in [2.05, 4.69) is 5.32 Å². The highest BCUT2D eigenvalue weighted by molar-refractivity contribution is 5.92. The Morgan fingerprint density at radius 3 is 2.11 bits per heavy atom. The zero-order chi connectivity index (χ0) is 44.1. The van der Waals surface area contributed by atoms with Gasteiger partial charge >= 0.3 is 24.0 Å². The van der Waals surface area contributed by atoms with Crippen molar-refractivity contribution in [3.05, 3.63) is 119 Å². The Labute approximate surface area is 352 Å². The minimum absolute atomic E-state index is 0.0777. The predicted molar refractivity (Wildman–Crippen MR) is 214 cm³/mol. The molecule has 2 bridgehead atoms. The third-order valence-electron chi connectivity index (χ3n) is 13.5. The SMILES string of the molecule is CC(=O)O[C@@]12CO[C@@H]1C[C@H](O)[C@@]1(C)C(=O)[C@H](O)C3C(C)=C(OC(=O)[C@H](O)[C@@H](NC(=O)OCc4ccccc4)c4ccccc4)C[C@@](O)([C@@H](OC(=O)c4ccccc4)[C@H]21)C3(C)C. The van der Waals surface area contributed by atoms with Crippen molar-refractivity contribution in [3.8, 4) is 0 Å². The number of Topliss-reactive ketones (excluding diaryl/α,β-unsaturated/α-hetero) is 1. The summed E-state index contributed by atoms with van der Waals surface area (Å²) in [5.74, 6) is -6.98. The number of amides is 1. The van der Waals surface area contributed by atoms with Crippen LogP contribution in [-0.2, 0) is 44.7 Å². The molecule has 5 N–H and O–H groups in total. The summed E-state index contributed by atoms with van der Waals surface area (Å²) in [5, 5.41) is 51.8. The lowest BCUT2D eigenvalue weighted by molar-refractivity contribution is -0.349. The fraction of sp³-hybridized carbons (Fsp3) is 0.457. The van der Waals surface area contributed by atoms with E-state index in [4.69, 9.17) is 23.7 Å². The van der Waals surface area contributed by atoms with Gasteiger partial charge in [0.05, 0.1) is 35.6 Å². The molecule has 1 heterocycles. The number of aliphatic hydroxyl groups excluding tert-OH is 3. The maximum absolute atomic E-state index is 15.0. The summed E-state index contributed by atoms with van der Waals surface area (Å²) in [7, 11) is 0. The molecular weight excluding hydrogens is 790 g/mol. The van der Waals surface area contributed by atoms with Crippen LogP contribution < -0.4 is 5.32 Å². The number of carbonyl (C=O) groups is 5. The average molecular weight is 842 g/mol. The van der Waals surface area contributed by atoms with E-state index in [1.165, 1.54) is 26.0 Å². The Morgan fingerprint density at radius 1 is 0.918 bits per heavy atom. The molecule has 1 saturated heterocycles. The molecule has 3 aromatic rings. The third-order valence-corrected chi connectivity index (χ3v) is 13.5. The number of hydrogen-bond donors (Lipinski definition) is 5. The van der Waals surface area contributed by atoms with Crippen molar-refractivity contribution in [2.45, 2.75) is 102 Å². The van der Waals surface area contributed by atoms with Crippen molar-refractivity contribution in [2.75, 3.05) is 6.61 Å². The number of ketones is 1. The molecule has 1 unspecified atom stereocenters. The molecule has 0 aromatic heterocycles. The maximum Gasteiger partial charge on any atom is 0.408 e. The van der Waals surface area contributed by atoms with Gasteiger partial charge in [-0.2, -0.15) is 0 Å². The summed E-state index contributed by atoms with van der Waals surface area (Å²) in [4.78, 5) is 69.3. The summed E-state index contributed by atoms with van der Waals surface area (Å²) in [6.07, 6.45) is -10.1. The molecule has 324 valence electrons. The number of aliphatic hydroxyl groups is 4. The quantitative estimate of drug-likeness (QED) is 0.145. The standard InChI is InChI=1S/C46H51NO14/c1-25-30(59-41(54)36(51)34(28-17-11-7-12-18-28)47-42(55)57-23-27-15-9-6-10-16-27)22-46(56)39(60-40(53)29-19-13-8-14-20-29)37-44(5,38(52)35(50)33(25)43(46,3)4)31(49)21-32-45(37,24-58-32)61-26(2)48/h6-20,31-37,39,49-51,56H,21-24H2,1-5H3,(H,47,55)/t31-,32+,33?,34-,35+,36+,37-,39-,44+,45-,46+/m0/s1. The lowest BCUT2D eigenvalue weighted by Crippen LogP contribution is -2.82. The molecule has 2 saturated carbocycles. The number of nitrogens with one attached hydrogen (secondary N) is 1. The summed E-state index contributed by atoms with van der Waals surface area (Å²) in [6, 6.07) is 23.5. The van der Waals surface area contributed by atoms with E-state index in [1.807, 2.05) is 6.07 Å². The summed E-state index contributed by atoms with van der Waals surface area (Å²) in [6.45, 7) is 6.80. The van der Waals surface area contributed by atoms with Crippen LogP contribution in [0.4, 0.5) is 4.79 Å². The van der Waals surface area contributed by atoms with Crippen molar-refractivity contribution in [2.24, 2.45) is 22.7 Å². The zero-order valence-corrected chi connectivity index (χ0v) is 34.5. The molecule has 15 heteroatoms. The molecule has 3 fully saturated rings. The van der Waals surface area contributed by atoms with Gasteiger partial charge in [0.1, 0.15) is 36.3 Å². The number of fused-ring (bicyclic) bond motifs is 5. The molecule has 7 rings (SSSR count). The van der Waals surface area contributed by atoms with Crippen molar-refractivity contribution in [3.63, 3.8) is 0 Å². The van der Waals surface area contributed by atoms with E-state index >= 15 is 4.79 Å². The number of alkyl carbamates (subject to hydrolysis) is 1. The van der Waals surface area contributed by atoms with Gasteiger partial charge in [-0.1, -0.05) is 92.7 Å². The van der Waals surface area contributed by atoms with Crippen molar-refractivity contribution in [1.82, 2.24) is 5.32 Å². The minimum Gasteiger partial charge on any atom is -0.455 e. The molecule has 11 atom stereocenters. The highest BCUT2D eigenvalue weighted by Crippen LogP contribution is 2.65. The first-order valence-corrected chi connectivity index (χ1v) is 20.2. The van der Waals surface area contributed by atoms with Gasteiger partial charge in [-0.3, -0.25) is 9.59 Å². The molecule has 1 aliphatic heterocycles. The number of hydrogen-bond acceptors (Lipinski definition) is 14. The maximum atomic E-state index is 15.0. The Balaban J connectivity index is 1.30. The van der Waals surface area contributed by atoms with Gasteiger partial charge in [0, 0.05) is 31.1 Å². The molecule has 61 heavy (non-hydrogen) atoms. The van der Waals surface area contributed by atoms with E-state index in [9.17, 15) is 39.6 Å². The molecule has 15 nitrogen and oxygen atoms in total. The molecule has 1 amide bonds. The van der Waals surface area contributed by atoms with Crippen LogP contribution in [0.2, 0.25) is 0 Å².